The summed E-state index contributed by atoms with van der Waals surface area (Å²) in [7, 11) is 0. The lowest BCUT2D eigenvalue weighted by Crippen LogP contribution is -2.54. The number of morpholine rings is 1. The molecule has 0 bridgehead atoms. The molecule has 1 spiro atoms. The van der Waals surface area contributed by atoms with E-state index in [2.05, 4.69) is 5.32 Å². The molecule has 204 valence electrons. The number of likely N-dealkylation sites (tertiary alicyclic amines) is 1. The minimum absolute atomic E-state index is 0.0590. The molecule has 5 rings (SSSR count). The second-order valence-electron chi connectivity index (χ2n) is 11.4. The van der Waals surface area contributed by atoms with Gasteiger partial charge >= 0.3 is 12.1 Å². The number of carbonyl (C=O) groups is 2. The fourth-order valence-electron chi connectivity index (χ4n) is 4.78. The van der Waals surface area contributed by atoms with Crippen molar-refractivity contribution in [1.82, 2.24) is 9.80 Å². The molecule has 3 aliphatic heterocycles. The number of benzene rings is 2. The summed E-state index contributed by atoms with van der Waals surface area (Å²) in [5.41, 5.74) is 2.28. The summed E-state index contributed by atoms with van der Waals surface area (Å²) in [5.74, 6) is 1.43. The van der Waals surface area contributed by atoms with Gasteiger partial charge in [-0.15, -0.1) is 0 Å². The minimum atomic E-state index is -0.435. The van der Waals surface area contributed by atoms with Gasteiger partial charge in [0, 0.05) is 44.7 Å². The number of nitrogens with one attached hydrogen (secondary N) is 1. The van der Waals surface area contributed by atoms with Crippen LogP contribution in [0.15, 0.2) is 42.5 Å². The van der Waals surface area contributed by atoms with Crippen LogP contribution < -0.4 is 14.8 Å². The molecular formula is C29H37N3O6. The van der Waals surface area contributed by atoms with Crippen LogP contribution in [0, 0.1) is 5.41 Å². The number of anilines is 1. The molecule has 2 aromatic rings. The fraction of sp³-hybridized carbons (Fsp3) is 0.517. The molecule has 0 unspecified atom stereocenters. The number of rotatable bonds is 3. The number of carbonyl (C=O) groups excluding carboxylic acids is 2. The third kappa shape index (κ3) is 6.15. The van der Waals surface area contributed by atoms with E-state index in [0.29, 0.717) is 71.2 Å². The van der Waals surface area contributed by atoms with Gasteiger partial charge in [-0.05, 0) is 40.8 Å². The maximum atomic E-state index is 12.4. The van der Waals surface area contributed by atoms with Crippen LogP contribution in [0.4, 0.5) is 15.3 Å². The fourth-order valence-corrected chi connectivity index (χ4v) is 4.78. The van der Waals surface area contributed by atoms with Crippen molar-refractivity contribution in [2.75, 3.05) is 57.9 Å². The molecule has 3 heterocycles. The Kier molecular flexibility index (Phi) is 7.38. The number of piperidine rings is 1. The smallest absolute Gasteiger partial charge is 0.409 e. The van der Waals surface area contributed by atoms with Crippen molar-refractivity contribution in [2.24, 2.45) is 5.41 Å². The number of fused-ring (bicyclic) bond motifs is 1. The number of hydrogen-bond donors (Lipinski definition) is 1. The van der Waals surface area contributed by atoms with Gasteiger partial charge in [0.2, 0.25) is 0 Å². The van der Waals surface area contributed by atoms with Gasteiger partial charge in [0.15, 0.2) is 11.5 Å². The second kappa shape index (κ2) is 10.7. The Balaban J connectivity index is 1.17. The average molecular weight is 524 g/mol. The third-order valence-corrected chi connectivity index (χ3v) is 7.09. The average Bonchev–Trinajstić information content (AvgIpc) is 2.92. The van der Waals surface area contributed by atoms with E-state index in [1.807, 2.05) is 63.2 Å². The highest BCUT2D eigenvalue weighted by molar-refractivity contribution is 5.89. The van der Waals surface area contributed by atoms with Crippen molar-refractivity contribution in [3.63, 3.8) is 0 Å². The molecule has 38 heavy (non-hydrogen) atoms. The number of amides is 3. The summed E-state index contributed by atoms with van der Waals surface area (Å²) >= 11 is 0. The van der Waals surface area contributed by atoms with Crippen LogP contribution in [0.1, 0.15) is 33.6 Å². The van der Waals surface area contributed by atoms with Crippen molar-refractivity contribution in [3.8, 4) is 22.6 Å². The summed E-state index contributed by atoms with van der Waals surface area (Å²) in [6.07, 6.45) is 1.12. The highest BCUT2D eigenvalue weighted by Crippen LogP contribution is 2.41. The lowest BCUT2D eigenvalue weighted by molar-refractivity contribution is -0.0515. The molecule has 2 fully saturated rings. The first-order valence-electron chi connectivity index (χ1n) is 13.3. The topological polar surface area (TPSA) is 89.6 Å². The molecule has 3 amide bonds. The van der Waals surface area contributed by atoms with Crippen LogP contribution in [0.5, 0.6) is 11.5 Å². The van der Waals surface area contributed by atoms with Crippen LogP contribution in [-0.4, -0.2) is 80.1 Å². The van der Waals surface area contributed by atoms with Crippen molar-refractivity contribution >= 4 is 17.8 Å². The standard InChI is InChI=1S/C29H37N3O6/c1-28(2,3)19-37-27(34)32-12-10-29(11-13-32)20-36-25-18-22(6-9-24(25)38-29)21-4-7-23(8-5-21)30-26(33)31-14-16-35-17-15-31/h4-9,18H,10-17,19-20H2,1-3H3,(H,30,33). The van der Waals surface area contributed by atoms with Gasteiger partial charge in [0.1, 0.15) is 12.2 Å². The van der Waals surface area contributed by atoms with E-state index in [1.54, 1.807) is 9.80 Å². The van der Waals surface area contributed by atoms with Gasteiger partial charge in [-0.3, -0.25) is 0 Å². The van der Waals surface area contributed by atoms with E-state index in [-0.39, 0.29) is 17.5 Å². The Morgan fingerprint density at radius 1 is 0.921 bits per heavy atom. The molecule has 0 saturated carbocycles. The Labute approximate surface area is 224 Å². The van der Waals surface area contributed by atoms with E-state index >= 15 is 0 Å². The van der Waals surface area contributed by atoms with Crippen LogP contribution in [0.3, 0.4) is 0 Å². The van der Waals surface area contributed by atoms with Gasteiger partial charge in [0.25, 0.3) is 0 Å². The molecule has 0 aromatic heterocycles. The van der Waals surface area contributed by atoms with Gasteiger partial charge in [-0.25, -0.2) is 9.59 Å². The number of hydrogen-bond acceptors (Lipinski definition) is 6. The molecule has 2 saturated heterocycles. The van der Waals surface area contributed by atoms with E-state index in [0.717, 1.165) is 22.6 Å². The Hall–Kier alpha value is -3.46. The van der Waals surface area contributed by atoms with E-state index in [9.17, 15) is 9.59 Å². The molecule has 9 heteroatoms. The third-order valence-electron chi connectivity index (χ3n) is 7.09. The summed E-state index contributed by atoms with van der Waals surface area (Å²) in [6, 6.07) is 13.6. The van der Waals surface area contributed by atoms with Gasteiger partial charge in [-0.1, -0.05) is 39.0 Å². The first kappa shape index (κ1) is 26.2. The predicted octanol–water partition coefficient (Wildman–Crippen LogP) is 5.01. The number of nitrogens with zero attached hydrogens (tertiary/aromatic N) is 2. The van der Waals surface area contributed by atoms with Crippen molar-refractivity contribution in [1.29, 1.82) is 0 Å². The molecular weight excluding hydrogens is 486 g/mol. The summed E-state index contributed by atoms with van der Waals surface area (Å²) < 4.78 is 23.4. The zero-order chi connectivity index (χ0) is 26.8. The molecule has 0 aliphatic carbocycles. The van der Waals surface area contributed by atoms with Gasteiger partial charge in [0.05, 0.1) is 19.8 Å². The monoisotopic (exact) mass is 523 g/mol. The Bertz CT molecular complexity index is 1150. The molecule has 1 N–H and O–H groups in total. The van der Waals surface area contributed by atoms with E-state index in [1.165, 1.54) is 0 Å². The normalized spacial score (nSPS) is 18.7. The predicted molar refractivity (Wildman–Crippen MR) is 144 cm³/mol. The maximum Gasteiger partial charge on any atom is 0.409 e. The lowest BCUT2D eigenvalue weighted by Gasteiger charge is -2.43. The number of urea groups is 1. The first-order valence-corrected chi connectivity index (χ1v) is 13.3. The highest BCUT2D eigenvalue weighted by Gasteiger charge is 2.42. The molecule has 2 aromatic carbocycles. The van der Waals surface area contributed by atoms with Crippen LogP contribution in [0.25, 0.3) is 11.1 Å². The SMILES string of the molecule is CC(C)(C)COC(=O)N1CCC2(CC1)COc1cc(-c3ccc(NC(=O)N4CCOCC4)cc3)ccc1O2. The Morgan fingerprint density at radius 3 is 2.29 bits per heavy atom. The second-order valence-corrected chi connectivity index (χ2v) is 11.4. The minimum Gasteiger partial charge on any atom is -0.486 e. The number of ether oxygens (including phenoxy) is 4. The molecule has 3 aliphatic rings. The van der Waals surface area contributed by atoms with Crippen LogP contribution in [0.2, 0.25) is 0 Å². The summed E-state index contributed by atoms with van der Waals surface area (Å²) in [5, 5.41) is 2.95. The van der Waals surface area contributed by atoms with Crippen LogP contribution >= 0.6 is 0 Å². The summed E-state index contributed by atoms with van der Waals surface area (Å²) in [6.45, 7) is 10.5. The lowest BCUT2D eigenvalue weighted by atomic mass is 9.91. The van der Waals surface area contributed by atoms with Crippen LogP contribution in [-0.2, 0) is 9.47 Å². The largest absolute Gasteiger partial charge is 0.486 e. The molecule has 9 nitrogen and oxygen atoms in total. The zero-order valence-electron chi connectivity index (χ0n) is 22.5. The zero-order valence-corrected chi connectivity index (χ0v) is 22.5. The Morgan fingerprint density at radius 2 is 1.61 bits per heavy atom. The van der Waals surface area contributed by atoms with Gasteiger partial charge in [-0.2, -0.15) is 0 Å². The van der Waals surface area contributed by atoms with Gasteiger partial charge < -0.3 is 34.1 Å². The highest BCUT2D eigenvalue weighted by atomic mass is 16.6. The van der Waals surface area contributed by atoms with Crippen molar-refractivity contribution in [2.45, 2.75) is 39.2 Å². The maximum absolute atomic E-state index is 12.4. The van der Waals surface area contributed by atoms with E-state index < -0.39 is 5.60 Å². The first-order chi connectivity index (χ1) is 18.2. The molecule has 0 radical (unpaired) electrons. The van der Waals surface area contributed by atoms with Crippen molar-refractivity contribution in [3.05, 3.63) is 42.5 Å². The quantitative estimate of drug-likeness (QED) is 0.609. The van der Waals surface area contributed by atoms with E-state index in [4.69, 9.17) is 18.9 Å². The summed E-state index contributed by atoms with van der Waals surface area (Å²) in [4.78, 5) is 28.4. The van der Waals surface area contributed by atoms with Crippen molar-refractivity contribution < 1.29 is 28.5 Å². The molecule has 0 atom stereocenters.